The maximum Gasteiger partial charge on any atom is 0.211 e. The number of nitrogens with one attached hydrogen (secondary N) is 2. The summed E-state index contributed by atoms with van der Waals surface area (Å²) in [5.41, 5.74) is 0.983. The molecule has 0 atom stereocenters. The fraction of sp³-hybridized carbons (Fsp3) is 0.545. The van der Waals surface area contributed by atoms with E-state index in [0.717, 1.165) is 12.1 Å². The van der Waals surface area contributed by atoms with Gasteiger partial charge in [0.2, 0.25) is 10.0 Å². The van der Waals surface area contributed by atoms with E-state index < -0.39 is 10.0 Å². The van der Waals surface area contributed by atoms with Gasteiger partial charge in [-0.3, -0.25) is 4.98 Å². The van der Waals surface area contributed by atoms with Gasteiger partial charge in [-0.2, -0.15) is 0 Å². The lowest BCUT2D eigenvalue weighted by Gasteiger charge is -2.06. The Hall–Kier alpha value is -0.980. The molecular weight excluding hydrogens is 238 g/mol. The zero-order chi connectivity index (χ0) is 12.6. The van der Waals surface area contributed by atoms with Gasteiger partial charge in [-0.05, 0) is 30.7 Å². The Morgan fingerprint density at radius 2 is 1.94 bits per heavy atom. The molecule has 0 saturated carbocycles. The molecule has 1 rings (SSSR count). The monoisotopic (exact) mass is 257 g/mol. The van der Waals surface area contributed by atoms with Crippen molar-refractivity contribution in [3.8, 4) is 0 Å². The minimum absolute atomic E-state index is 0.114. The second-order valence-corrected chi connectivity index (χ2v) is 5.60. The standard InChI is InChI=1S/C11H19N3O2S/c1-2-12-8-9-14-17(15,16)10-5-11-3-6-13-7-4-11/h3-4,6-7,12,14H,2,5,8-10H2,1H3. The second kappa shape index (κ2) is 7.37. The molecule has 0 radical (unpaired) electrons. The summed E-state index contributed by atoms with van der Waals surface area (Å²) in [5, 5.41) is 3.06. The van der Waals surface area contributed by atoms with Crippen molar-refractivity contribution in [3.63, 3.8) is 0 Å². The molecule has 5 nitrogen and oxygen atoms in total. The van der Waals surface area contributed by atoms with Gasteiger partial charge < -0.3 is 5.32 Å². The molecular formula is C11H19N3O2S. The minimum atomic E-state index is -3.17. The van der Waals surface area contributed by atoms with Gasteiger partial charge in [-0.15, -0.1) is 0 Å². The van der Waals surface area contributed by atoms with E-state index in [-0.39, 0.29) is 5.75 Å². The first kappa shape index (κ1) is 14.1. The van der Waals surface area contributed by atoms with Crippen LogP contribution >= 0.6 is 0 Å². The second-order valence-electron chi connectivity index (χ2n) is 3.67. The Kier molecular flexibility index (Phi) is 6.10. The number of hydrogen-bond acceptors (Lipinski definition) is 4. The van der Waals surface area contributed by atoms with Crippen molar-refractivity contribution in [2.24, 2.45) is 0 Å². The molecule has 6 heteroatoms. The fourth-order valence-electron chi connectivity index (χ4n) is 1.35. The van der Waals surface area contributed by atoms with Crippen molar-refractivity contribution in [2.45, 2.75) is 13.3 Å². The van der Waals surface area contributed by atoms with Crippen LogP contribution in [-0.2, 0) is 16.4 Å². The molecule has 0 aromatic carbocycles. The third-order valence-electron chi connectivity index (χ3n) is 2.28. The Morgan fingerprint density at radius 1 is 1.24 bits per heavy atom. The van der Waals surface area contributed by atoms with E-state index in [1.54, 1.807) is 12.4 Å². The molecule has 0 aliphatic carbocycles. The first-order chi connectivity index (χ1) is 8.14. The highest BCUT2D eigenvalue weighted by molar-refractivity contribution is 7.89. The van der Waals surface area contributed by atoms with E-state index in [9.17, 15) is 8.42 Å². The van der Waals surface area contributed by atoms with E-state index in [2.05, 4.69) is 15.0 Å². The van der Waals surface area contributed by atoms with Crippen LogP contribution in [0.25, 0.3) is 0 Å². The average molecular weight is 257 g/mol. The van der Waals surface area contributed by atoms with Crippen molar-refractivity contribution in [3.05, 3.63) is 30.1 Å². The van der Waals surface area contributed by atoms with Crippen molar-refractivity contribution >= 4 is 10.0 Å². The molecule has 0 unspecified atom stereocenters. The van der Waals surface area contributed by atoms with Crippen LogP contribution in [-0.4, -0.2) is 38.8 Å². The Labute approximate surface area is 103 Å². The SMILES string of the molecule is CCNCCNS(=O)(=O)CCc1ccncc1. The first-order valence-electron chi connectivity index (χ1n) is 5.71. The molecule has 1 heterocycles. The highest BCUT2D eigenvalue weighted by Crippen LogP contribution is 1.99. The van der Waals surface area contributed by atoms with Gasteiger partial charge >= 0.3 is 0 Å². The summed E-state index contributed by atoms with van der Waals surface area (Å²) in [5.74, 6) is 0.114. The maximum absolute atomic E-state index is 11.6. The summed E-state index contributed by atoms with van der Waals surface area (Å²) in [6.07, 6.45) is 3.85. The molecule has 17 heavy (non-hydrogen) atoms. The molecule has 1 aromatic heterocycles. The topological polar surface area (TPSA) is 71.1 Å². The number of rotatable bonds is 8. The highest BCUT2D eigenvalue weighted by atomic mass is 32.2. The summed E-state index contributed by atoms with van der Waals surface area (Å²) in [6.45, 7) is 3.92. The number of aryl methyl sites for hydroxylation is 1. The van der Waals surface area contributed by atoms with E-state index in [4.69, 9.17) is 0 Å². The number of hydrogen-bond donors (Lipinski definition) is 2. The van der Waals surface area contributed by atoms with Crippen molar-refractivity contribution < 1.29 is 8.42 Å². The number of nitrogens with zero attached hydrogens (tertiary/aromatic N) is 1. The van der Waals surface area contributed by atoms with Gasteiger partial charge in [0.15, 0.2) is 0 Å². The normalized spacial score (nSPS) is 11.6. The zero-order valence-electron chi connectivity index (χ0n) is 10.0. The number of sulfonamides is 1. The summed E-state index contributed by atoms with van der Waals surface area (Å²) in [6, 6.07) is 3.66. The smallest absolute Gasteiger partial charge is 0.211 e. The summed E-state index contributed by atoms with van der Waals surface area (Å²) in [7, 11) is -3.17. The molecule has 0 aliphatic rings. The van der Waals surface area contributed by atoms with Crippen LogP contribution < -0.4 is 10.0 Å². The van der Waals surface area contributed by atoms with E-state index in [1.165, 1.54) is 0 Å². The van der Waals surface area contributed by atoms with Crippen molar-refractivity contribution in [2.75, 3.05) is 25.4 Å². The van der Waals surface area contributed by atoms with Crippen molar-refractivity contribution in [1.29, 1.82) is 0 Å². The third-order valence-corrected chi connectivity index (χ3v) is 3.67. The van der Waals surface area contributed by atoms with Crippen LogP contribution in [0.3, 0.4) is 0 Å². The molecule has 0 fully saturated rings. The number of aromatic nitrogens is 1. The van der Waals surface area contributed by atoms with Crippen LogP contribution in [0.4, 0.5) is 0 Å². The molecule has 2 N–H and O–H groups in total. The van der Waals surface area contributed by atoms with E-state index in [0.29, 0.717) is 19.5 Å². The third kappa shape index (κ3) is 6.35. The van der Waals surface area contributed by atoms with Crippen LogP contribution in [0, 0.1) is 0 Å². The highest BCUT2D eigenvalue weighted by Gasteiger charge is 2.09. The minimum Gasteiger partial charge on any atom is -0.316 e. The molecule has 0 bridgehead atoms. The fourth-order valence-corrected chi connectivity index (χ4v) is 2.41. The van der Waals surface area contributed by atoms with Gasteiger partial charge in [0.05, 0.1) is 5.75 Å². The van der Waals surface area contributed by atoms with E-state index in [1.807, 2.05) is 19.1 Å². The van der Waals surface area contributed by atoms with Crippen LogP contribution in [0.2, 0.25) is 0 Å². The largest absolute Gasteiger partial charge is 0.316 e. The van der Waals surface area contributed by atoms with Gasteiger partial charge in [0, 0.05) is 25.5 Å². The predicted molar refractivity (Wildman–Crippen MR) is 68.3 cm³/mol. The van der Waals surface area contributed by atoms with Crippen molar-refractivity contribution in [1.82, 2.24) is 15.0 Å². The number of pyridine rings is 1. The van der Waals surface area contributed by atoms with Gasteiger partial charge in [0.1, 0.15) is 0 Å². The predicted octanol–water partition coefficient (Wildman–Crippen LogP) is 0.153. The number of likely N-dealkylation sites (N-methyl/N-ethyl adjacent to an activating group) is 1. The van der Waals surface area contributed by atoms with Gasteiger partial charge in [-0.25, -0.2) is 13.1 Å². The maximum atomic E-state index is 11.6. The molecule has 1 aromatic rings. The van der Waals surface area contributed by atoms with Gasteiger partial charge in [0.25, 0.3) is 0 Å². The lowest BCUT2D eigenvalue weighted by Crippen LogP contribution is -2.33. The molecule has 0 aliphatic heterocycles. The lowest BCUT2D eigenvalue weighted by atomic mass is 10.2. The quantitative estimate of drug-likeness (QED) is 0.651. The first-order valence-corrected chi connectivity index (χ1v) is 7.36. The van der Waals surface area contributed by atoms with Gasteiger partial charge in [-0.1, -0.05) is 6.92 Å². The Bertz CT molecular complexity index is 406. The van der Waals surface area contributed by atoms with E-state index >= 15 is 0 Å². The van der Waals surface area contributed by atoms with Crippen LogP contribution in [0.15, 0.2) is 24.5 Å². The summed E-state index contributed by atoms with van der Waals surface area (Å²) in [4.78, 5) is 3.89. The zero-order valence-corrected chi connectivity index (χ0v) is 10.8. The Morgan fingerprint density at radius 3 is 2.59 bits per heavy atom. The van der Waals surface area contributed by atoms with Crippen LogP contribution in [0.5, 0.6) is 0 Å². The molecule has 96 valence electrons. The molecule has 0 spiro atoms. The summed E-state index contributed by atoms with van der Waals surface area (Å²) < 4.78 is 25.8. The summed E-state index contributed by atoms with van der Waals surface area (Å²) >= 11 is 0. The molecule has 0 amide bonds. The van der Waals surface area contributed by atoms with Crippen LogP contribution in [0.1, 0.15) is 12.5 Å². The Balaban J connectivity index is 2.30. The average Bonchev–Trinajstić information content (AvgIpc) is 2.34. The molecule has 0 saturated heterocycles. The lowest BCUT2D eigenvalue weighted by molar-refractivity contribution is 0.576.